The monoisotopic (exact) mass is 694 g/mol. The molecule has 6 rings (SSSR count). The van der Waals surface area contributed by atoms with Crippen molar-refractivity contribution in [3.05, 3.63) is 103 Å². The van der Waals surface area contributed by atoms with Crippen molar-refractivity contribution >= 4 is 43.1 Å². The zero-order valence-corrected chi connectivity index (χ0v) is 32.9. The highest BCUT2D eigenvalue weighted by Crippen LogP contribution is 2.60. The van der Waals surface area contributed by atoms with Gasteiger partial charge in [0.15, 0.2) is 0 Å². The second kappa shape index (κ2) is 14.4. The summed E-state index contributed by atoms with van der Waals surface area (Å²) in [5.41, 5.74) is 11.8. The molecule has 2 aliphatic rings. The largest absolute Gasteiger partial charge is 0.366 e. The van der Waals surface area contributed by atoms with Gasteiger partial charge in [0.2, 0.25) is 0 Å². The van der Waals surface area contributed by atoms with Gasteiger partial charge in [-0.05, 0) is 131 Å². The third kappa shape index (κ3) is 5.71. The second-order valence-electron chi connectivity index (χ2n) is 14.2. The van der Waals surface area contributed by atoms with Crippen molar-refractivity contribution in [2.24, 2.45) is 11.8 Å². The van der Waals surface area contributed by atoms with Gasteiger partial charge in [0, 0.05) is 26.1 Å². The van der Waals surface area contributed by atoms with Gasteiger partial charge in [-0.15, -0.1) is 22.7 Å². The Balaban J connectivity index is 1.64. The van der Waals surface area contributed by atoms with E-state index < -0.39 is 11.2 Å². The number of benzene rings is 2. The van der Waals surface area contributed by atoms with Crippen molar-refractivity contribution in [3.63, 3.8) is 0 Å². The maximum Gasteiger partial charge on any atom is 0.147 e. The van der Waals surface area contributed by atoms with E-state index in [4.69, 9.17) is 19.4 Å². The molecule has 0 fully saturated rings. The minimum absolute atomic E-state index is 0.0675. The lowest BCUT2D eigenvalue weighted by molar-refractivity contribution is -0.0638. The molecular formula is C43H54N2O2S2. The average molecular weight is 695 g/mol. The normalized spacial score (nSPS) is 25.1. The predicted octanol–water partition coefficient (Wildman–Crippen LogP) is 12.6. The van der Waals surface area contributed by atoms with E-state index in [0.29, 0.717) is 0 Å². The molecular weight excluding hydrogens is 641 g/mol. The average Bonchev–Trinajstić information content (AvgIpc) is 3.76. The van der Waals surface area contributed by atoms with Gasteiger partial charge in [0.1, 0.15) is 21.2 Å². The van der Waals surface area contributed by atoms with Crippen LogP contribution in [0, 0.1) is 11.8 Å². The minimum Gasteiger partial charge on any atom is -0.366 e. The standard InChI is InChI=1S/C43H54N2O2S2/c1-11-13-19-32-28(5)26(3)30(7)42(46-9,40-44-36-21-15-17-23-38(36)48-40)34(32)25-35-33(20-14-12-2)29(6)27(4)31(8)43(35,47-10)41-45-37-22-16-18-24-39(37)49-41/h15-18,21-24,34-35H,11-14,19-20,25H2,1-10H3. The van der Waals surface area contributed by atoms with Crippen LogP contribution in [0.3, 0.4) is 0 Å². The number of rotatable bonds is 12. The molecule has 2 heterocycles. The van der Waals surface area contributed by atoms with E-state index >= 15 is 0 Å². The highest BCUT2D eigenvalue weighted by atomic mass is 32.1. The van der Waals surface area contributed by atoms with Crippen LogP contribution in [0.1, 0.15) is 110 Å². The third-order valence-electron chi connectivity index (χ3n) is 12.1. The Morgan fingerprint density at radius 3 is 1.33 bits per heavy atom. The topological polar surface area (TPSA) is 44.2 Å². The molecule has 2 aliphatic carbocycles. The molecule has 0 radical (unpaired) electrons. The number of hydrogen-bond acceptors (Lipinski definition) is 6. The third-order valence-corrected chi connectivity index (χ3v) is 14.4. The molecule has 2 aromatic carbocycles. The molecule has 4 aromatic rings. The summed E-state index contributed by atoms with van der Waals surface area (Å²) in [4.78, 5) is 10.8. The second-order valence-corrected chi connectivity index (χ2v) is 16.3. The van der Waals surface area contributed by atoms with Crippen molar-refractivity contribution in [3.8, 4) is 0 Å². The molecule has 0 saturated heterocycles. The highest BCUT2D eigenvalue weighted by Gasteiger charge is 2.56. The first kappa shape index (κ1) is 35.9. The Kier molecular flexibility index (Phi) is 10.5. The molecule has 0 aliphatic heterocycles. The van der Waals surface area contributed by atoms with E-state index in [-0.39, 0.29) is 11.8 Å². The van der Waals surface area contributed by atoms with E-state index in [1.54, 1.807) is 22.7 Å². The number of fused-ring (bicyclic) bond motifs is 2. The summed E-state index contributed by atoms with van der Waals surface area (Å²) in [6.45, 7) is 18.5. The summed E-state index contributed by atoms with van der Waals surface area (Å²) in [6, 6.07) is 17.1. The van der Waals surface area contributed by atoms with Gasteiger partial charge in [-0.1, -0.05) is 62.1 Å². The molecule has 6 heteroatoms. The number of thiazole rings is 2. The number of nitrogens with zero attached hydrogens (tertiary/aromatic N) is 2. The van der Waals surface area contributed by atoms with Crippen molar-refractivity contribution < 1.29 is 9.47 Å². The Hall–Kier alpha value is -2.90. The molecule has 4 atom stereocenters. The molecule has 0 saturated carbocycles. The van der Waals surface area contributed by atoms with Crippen LogP contribution in [-0.4, -0.2) is 24.2 Å². The SMILES string of the molecule is CCCCC1=C(C)C(C)=C(C)C(OC)(c2nc3ccccc3s2)C1CC1C(CCCC)=C(C)C(C)=C(C)C1(OC)c1nc2ccccc2s1. The van der Waals surface area contributed by atoms with Crippen LogP contribution < -0.4 is 0 Å². The Morgan fingerprint density at radius 2 is 0.980 bits per heavy atom. The number of allylic oxidation sites excluding steroid dienone is 4. The molecule has 4 nitrogen and oxygen atoms in total. The Bertz CT molecular complexity index is 1780. The number of methoxy groups -OCH3 is 2. The van der Waals surface area contributed by atoms with Crippen molar-refractivity contribution in [1.82, 2.24) is 9.97 Å². The predicted molar refractivity (Wildman–Crippen MR) is 209 cm³/mol. The van der Waals surface area contributed by atoms with Gasteiger partial charge in [-0.3, -0.25) is 0 Å². The number of hydrogen-bond donors (Lipinski definition) is 0. The van der Waals surface area contributed by atoms with Gasteiger partial charge in [0.25, 0.3) is 0 Å². The molecule has 0 N–H and O–H groups in total. The number of ether oxygens (including phenoxy) is 2. The Morgan fingerprint density at radius 1 is 0.592 bits per heavy atom. The van der Waals surface area contributed by atoms with E-state index in [1.165, 1.54) is 54.0 Å². The molecule has 4 unspecified atom stereocenters. The Labute approximate surface area is 302 Å². The first-order valence-electron chi connectivity index (χ1n) is 18.2. The zero-order chi connectivity index (χ0) is 35.1. The zero-order valence-electron chi connectivity index (χ0n) is 31.3. The van der Waals surface area contributed by atoms with Crippen LogP contribution in [0.5, 0.6) is 0 Å². The van der Waals surface area contributed by atoms with Crippen molar-refractivity contribution in [2.45, 2.75) is 112 Å². The molecule has 0 bridgehead atoms. The van der Waals surface area contributed by atoms with Crippen LogP contribution >= 0.6 is 22.7 Å². The van der Waals surface area contributed by atoms with Crippen LogP contribution in [0.2, 0.25) is 0 Å². The smallest absolute Gasteiger partial charge is 0.147 e. The molecule has 49 heavy (non-hydrogen) atoms. The quantitative estimate of drug-likeness (QED) is 0.148. The summed E-state index contributed by atoms with van der Waals surface area (Å²) < 4.78 is 16.4. The lowest BCUT2D eigenvalue weighted by Gasteiger charge is -2.51. The molecule has 2 aromatic heterocycles. The number of aromatic nitrogens is 2. The molecule has 260 valence electrons. The fourth-order valence-corrected chi connectivity index (χ4v) is 11.4. The lowest BCUT2D eigenvalue weighted by atomic mass is 9.59. The van der Waals surface area contributed by atoms with Crippen LogP contribution in [0.4, 0.5) is 0 Å². The van der Waals surface area contributed by atoms with E-state index in [0.717, 1.165) is 66.0 Å². The first-order chi connectivity index (χ1) is 23.6. The maximum absolute atomic E-state index is 7.01. The van der Waals surface area contributed by atoms with E-state index in [2.05, 4.69) is 104 Å². The minimum atomic E-state index is -0.697. The summed E-state index contributed by atoms with van der Waals surface area (Å²) in [5.74, 6) is 0.135. The van der Waals surface area contributed by atoms with E-state index in [9.17, 15) is 0 Å². The van der Waals surface area contributed by atoms with Gasteiger partial charge in [-0.25, -0.2) is 9.97 Å². The summed E-state index contributed by atoms with van der Waals surface area (Å²) >= 11 is 3.58. The summed E-state index contributed by atoms with van der Waals surface area (Å²) in [6.07, 6.45) is 7.53. The highest BCUT2D eigenvalue weighted by molar-refractivity contribution is 7.19. The maximum atomic E-state index is 7.01. The van der Waals surface area contributed by atoms with Crippen LogP contribution in [-0.2, 0) is 20.7 Å². The fraction of sp³-hybridized carbons (Fsp3) is 0.488. The summed E-state index contributed by atoms with van der Waals surface area (Å²) in [7, 11) is 3.83. The lowest BCUT2D eigenvalue weighted by Crippen LogP contribution is -2.48. The number of para-hydroxylation sites is 2. The van der Waals surface area contributed by atoms with Gasteiger partial charge >= 0.3 is 0 Å². The van der Waals surface area contributed by atoms with Gasteiger partial charge in [0.05, 0.1) is 20.4 Å². The number of unbranched alkanes of at least 4 members (excludes halogenated alkanes) is 2. The van der Waals surface area contributed by atoms with Gasteiger partial charge < -0.3 is 9.47 Å². The van der Waals surface area contributed by atoms with Crippen molar-refractivity contribution in [2.75, 3.05) is 14.2 Å². The van der Waals surface area contributed by atoms with Crippen molar-refractivity contribution in [1.29, 1.82) is 0 Å². The molecule has 0 amide bonds. The van der Waals surface area contributed by atoms with Crippen LogP contribution in [0.15, 0.2) is 93.1 Å². The molecule has 0 spiro atoms. The fourth-order valence-electron chi connectivity index (χ4n) is 8.89. The summed E-state index contributed by atoms with van der Waals surface area (Å²) in [5, 5.41) is 2.11. The van der Waals surface area contributed by atoms with E-state index in [1.807, 2.05) is 14.2 Å². The van der Waals surface area contributed by atoms with Crippen LogP contribution in [0.25, 0.3) is 20.4 Å². The van der Waals surface area contributed by atoms with Gasteiger partial charge in [-0.2, -0.15) is 0 Å². The first-order valence-corrected chi connectivity index (χ1v) is 19.8.